The lowest BCUT2D eigenvalue weighted by atomic mass is 9.61. The number of nitro benzene ring substituents is 1. The summed E-state index contributed by atoms with van der Waals surface area (Å²) >= 11 is 0. The van der Waals surface area contributed by atoms with Gasteiger partial charge in [0, 0.05) is 18.6 Å². The molecule has 0 radical (unpaired) electrons. The topological polar surface area (TPSA) is 69.4 Å². The van der Waals surface area contributed by atoms with Crippen LogP contribution in [-0.2, 0) is 4.79 Å². The van der Waals surface area contributed by atoms with E-state index < -0.39 is 4.92 Å². The number of aryl methyl sites for hydroxylation is 1. The maximum atomic E-state index is 11.9. The predicted octanol–water partition coefficient (Wildman–Crippen LogP) is 3.43. The molecule has 0 N–H and O–H groups in total. The van der Waals surface area contributed by atoms with E-state index in [1.165, 1.54) is 12.1 Å². The van der Waals surface area contributed by atoms with E-state index in [1.807, 2.05) is 13.8 Å². The van der Waals surface area contributed by atoms with Gasteiger partial charge >= 0.3 is 0 Å². The van der Waals surface area contributed by atoms with E-state index in [1.54, 1.807) is 13.0 Å². The monoisotopic (exact) mass is 277 g/mol. The van der Waals surface area contributed by atoms with Gasteiger partial charge in [-0.1, -0.05) is 13.8 Å². The fourth-order valence-electron chi connectivity index (χ4n) is 2.90. The molecule has 1 aliphatic rings. The van der Waals surface area contributed by atoms with Crippen LogP contribution >= 0.6 is 0 Å². The van der Waals surface area contributed by atoms with E-state index in [0.717, 1.165) is 18.4 Å². The van der Waals surface area contributed by atoms with Gasteiger partial charge in [0.1, 0.15) is 17.6 Å². The Morgan fingerprint density at radius 1 is 1.40 bits per heavy atom. The van der Waals surface area contributed by atoms with Crippen LogP contribution in [0.2, 0.25) is 0 Å². The molecule has 1 aromatic rings. The molecule has 5 nitrogen and oxygen atoms in total. The minimum atomic E-state index is -0.425. The van der Waals surface area contributed by atoms with Gasteiger partial charge in [0.15, 0.2) is 0 Å². The molecule has 0 aliphatic heterocycles. The van der Waals surface area contributed by atoms with Crippen LogP contribution in [0, 0.1) is 22.5 Å². The molecule has 20 heavy (non-hydrogen) atoms. The Labute approximate surface area is 118 Å². The third-order valence-corrected chi connectivity index (χ3v) is 4.44. The summed E-state index contributed by atoms with van der Waals surface area (Å²) in [4.78, 5) is 22.2. The van der Waals surface area contributed by atoms with Crippen molar-refractivity contribution in [3.63, 3.8) is 0 Å². The van der Waals surface area contributed by atoms with Gasteiger partial charge in [0.05, 0.1) is 10.3 Å². The Morgan fingerprint density at radius 2 is 2.05 bits per heavy atom. The van der Waals surface area contributed by atoms with Crippen LogP contribution in [0.15, 0.2) is 18.2 Å². The van der Waals surface area contributed by atoms with Crippen molar-refractivity contribution in [3.8, 4) is 5.75 Å². The quantitative estimate of drug-likeness (QED) is 0.610. The average Bonchev–Trinajstić information content (AvgIpc) is 2.41. The van der Waals surface area contributed by atoms with E-state index in [-0.39, 0.29) is 23.0 Å². The Morgan fingerprint density at radius 3 is 2.50 bits per heavy atom. The van der Waals surface area contributed by atoms with Crippen LogP contribution in [0.5, 0.6) is 5.75 Å². The van der Waals surface area contributed by atoms with Crippen molar-refractivity contribution in [2.45, 2.75) is 46.1 Å². The smallest absolute Gasteiger partial charge is 0.269 e. The summed E-state index contributed by atoms with van der Waals surface area (Å²) in [5.41, 5.74) is 0.394. The molecule has 1 aromatic carbocycles. The summed E-state index contributed by atoms with van der Waals surface area (Å²) in [6.45, 7) is 5.78. The van der Waals surface area contributed by atoms with E-state index in [4.69, 9.17) is 4.74 Å². The van der Waals surface area contributed by atoms with Crippen LogP contribution in [0.25, 0.3) is 0 Å². The Hall–Kier alpha value is -1.91. The van der Waals surface area contributed by atoms with Crippen LogP contribution in [0.1, 0.15) is 38.7 Å². The number of benzene rings is 1. The number of nitrogens with zero attached hydrogens (tertiary/aromatic N) is 1. The van der Waals surface area contributed by atoms with Gasteiger partial charge in [0.25, 0.3) is 5.69 Å². The van der Waals surface area contributed by atoms with E-state index >= 15 is 0 Å². The number of nitro groups is 1. The molecule has 5 heteroatoms. The molecule has 1 aliphatic carbocycles. The second-order valence-electron chi connectivity index (χ2n) is 5.30. The minimum absolute atomic E-state index is 0.0526. The molecular formula is C15H19NO4. The molecule has 0 heterocycles. The second kappa shape index (κ2) is 5.23. The molecule has 0 amide bonds. The highest BCUT2D eigenvalue weighted by atomic mass is 16.6. The number of ketones is 1. The Balaban J connectivity index is 2.19. The van der Waals surface area contributed by atoms with Crippen molar-refractivity contribution in [2.75, 3.05) is 0 Å². The molecule has 0 bridgehead atoms. The highest BCUT2D eigenvalue weighted by Gasteiger charge is 2.53. The first kappa shape index (κ1) is 14.5. The third-order valence-electron chi connectivity index (χ3n) is 4.44. The first-order chi connectivity index (χ1) is 9.44. The molecule has 1 fully saturated rings. The second-order valence-corrected chi connectivity index (χ2v) is 5.30. The van der Waals surface area contributed by atoms with E-state index in [2.05, 4.69) is 0 Å². The summed E-state index contributed by atoms with van der Waals surface area (Å²) in [5.74, 6) is 0.881. The fraction of sp³-hybridized carbons (Fsp3) is 0.533. The van der Waals surface area contributed by atoms with Gasteiger partial charge in [-0.2, -0.15) is 0 Å². The van der Waals surface area contributed by atoms with Gasteiger partial charge < -0.3 is 4.74 Å². The summed E-state index contributed by atoms with van der Waals surface area (Å²) in [5, 5.41) is 10.7. The van der Waals surface area contributed by atoms with Gasteiger partial charge in [0.2, 0.25) is 0 Å². The molecule has 2 rings (SSSR count). The number of carbonyl (C=O) groups is 1. The number of hydrogen-bond donors (Lipinski definition) is 0. The van der Waals surface area contributed by atoms with Crippen molar-refractivity contribution in [1.29, 1.82) is 0 Å². The van der Waals surface area contributed by atoms with Gasteiger partial charge in [-0.15, -0.1) is 0 Å². The van der Waals surface area contributed by atoms with Gasteiger partial charge in [-0.05, 0) is 31.4 Å². The maximum absolute atomic E-state index is 11.9. The van der Waals surface area contributed by atoms with Crippen LogP contribution in [-0.4, -0.2) is 16.8 Å². The van der Waals surface area contributed by atoms with Gasteiger partial charge in [-0.3, -0.25) is 14.9 Å². The largest absolute Gasteiger partial charge is 0.489 e. The zero-order valence-electron chi connectivity index (χ0n) is 12.0. The van der Waals surface area contributed by atoms with Crippen molar-refractivity contribution >= 4 is 11.5 Å². The van der Waals surface area contributed by atoms with Crippen molar-refractivity contribution in [2.24, 2.45) is 5.41 Å². The van der Waals surface area contributed by atoms with E-state index in [9.17, 15) is 14.9 Å². The highest BCUT2D eigenvalue weighted by Crippen LogP contribution is 2.46. The lowest BCUT2D eigenvalue weighted by molar-refractivity contribution is -0.384. The van der Waals surface area contributed by atoms with Crippen LogP contribution < -0.4 is 4.74 Å². The molecule has 1 unspecified atom stereocenters. The Bertz CT molecular complexity index is 549. The number of carbonyl (C=O) groups excluding carboxylic acids is 1. The SMILES string of the molecule is CCC1(CC)C(=O)CC1Oc1ccc([N+](=O)[O-])cc1C. The number of ether oxygens (including phenoxy) is 1. The van der Waals surface area contributed by atoms with Crippen molar-refractivity contribution in [3.05, 3.63) is 33.9 Å². The molecule has 0 spiro atoms. The highest BCUT2D eigenvalue weighted by molar-refractivity contribution is 5.92. The minimum Gasteiger partial charge on any atom is -0.489 e. The average molecular weight is 277 g/mol. The molecule has 0 aromatic heterocycles. The third kappa shape index (κ3) is 2.17. The Kier molecular flexibility index (Phi) is 3.79. The number of rotatable bonds is 5. The predicted molar refractivity (Wildman–Crippen MR) is 74.9 cm³/mol. The maximum Gasteiger partial charge on any atom is 0.269 e. The normalized spacial score (nSPS) is 20.4. The van der Waals surface area contributed by atoms with Gasteiger partial charge in [-0.25, -0.2) is 0 Å². The lowest BCUT2D eigenvalue weighted by Gasteiger charge is -2.46. The summed E-state index contributed by atoms with van der Waals surface area (Å²) in [6.07, 6.45) is 1.83. The number of Topliss-reactive ketones (excluding diaryl/α,β-unsaturated/α-hetero) is 1. The van der Waals surface area contributed by atoms with Crippen molar-refractivity contribution in [1.82, 2.24) is 0 Å². The fourth-order valence-corrected chi connectivity index (χ4v) is 2.90. The molecule has 108 valence electrons. The van der Waals surface area contributed by atoms with Crippen LogP contribution in [0.4, 0.5) is 5.69 Å². The molecule has 1 atom stereocenters. The zero-order chi connectivity index (χ0) is 14.9. The molecule has 0 saturated heterocycles. The lowest BCUT2D eigenvalue weighted by Crippen LogP contribution is -2.56. The summed E-state index contributed by atoms with van der Waals surface area (Å²) < 4.78 is 5.94. The zero-order valence-corrected chi connectivity index (χ0v) is 12.0. The molecule has 1 saturated carbocycles. The summed E-state index contributed by atoms with van der Waals surface area (Å²) in [6, 6.07) is 4.55. The first-order valence-corrected chi connectivity index (χ1v) is 6.89. The van der Waals surface area contributed by atoms with Crippen LogP contribution in [0.3, 0.4) is 0 Å². The van der Waals surface area contributed by atoms with E-state index in [0.29, 0.717) is 12.2 Å². The number of hydrogen-bond acceptors (Lipinski definition) is 4. The van der Waals surface area contributed by atoms with Crippen molar-refractivity contribution < 1.29 is 14.5 Å². The summed E-state index contributed by atoms with van der Waals surface area (Å²) in [7, 11) is 0. The molecular weight excluding hydrogens is 258 g/mol. The standard InChI is InChI=1S/C15H19NO4/c1-4-15(5-2)13(17)9-14(15)20-12-7-6-11(16(18)19)8-10(12)3/h6-8,14H,4-5,9H2,1-3H3. The first-order valence-electron chi connectivity index (χ1n) is 6.89. The number of non-ortho nitro benzene ring substituents is 1.